The Labute approximate surface area is 117 Å². The summed E-state index contributed by atoms with van der Waals surface area (Å²) in [6, 6.07) is 5.07. The zero-order valence-electron chi connectivity index (χ0n) is 10.7. The van der Waals surface area contributed by atoms with Crippen molar-refractivity contribution in [2.24, 2.45) is 0 Å². The summed E-state index contributed by atoms with van der Waals surface area (Å²) in [6.45, 7) is 1.07. The highest BCUT2D eigenvalue weighted by atomic mass is 19.1. The fourth-order valence-corrected chi connectivity index (χ4v) is 1.65. The largest absolute Gasteiger partial charge is 0.502 e. The summed E-state index contributed by atoms with van der Waals surface area (Å²) in [5, 5.41) is 20.5. The summed E-state index contributed by atoms with van der Waals surface area (Å²) in [7, 11) is 0. The Balaban J connectivity index is 2.54. The zero-order valence-corrected chi connectivity index (χ0v) is 10.7. The van der Waals surface area contributed by atoms with Crippen molar-refractivity contribution < 1.29 is 33.3 Å². The number of nitrogens with one attached hydrogen (secondary N) is 1. The predicted molar refractivity (Wildman–Crippen MR) is 68.7 cm³/mol. The van der Waals surface area contributed by atoms with Gasteiger partial charge in [-0.3, -0.25) is 10.1 Å². The smallest absolute Gasteiger partial charge is 0.411 e. The van der Waals surface area contributed by atoms with Crippen molar-refractivity contribution in [2.75, 3.05) is 5.32 Å². The zero-order chi connectivity index (χ0) is 15.6. The van der Waals surface area contributed by atoms with Gasteiger partial charge in [0, 0.05) is 12.5 Å². The van der Waals surface area contributed by atoms with Crippen LogP contribution < -0.4 is 10.1 Å². The maximum Gasteiger partial charge on any atom is 0.411 e. The molecule has 0 saturated heterocycles. The molecule has 2 aromatic rings. The van der Waals surface area contributed by atoms with E-state index in [1.54, 1.807) is 0 Å². The van der Waals surface area contributed by atoms with E-state index >= 15 is 0 Å². The number of esters is 1. The van der Waals surface area contributed by atoms with Gasteiger partial charge in [-0.15, -0.1) is 0 Å². The first-order valence-electron chi connectivity index (χ1n) is 5.68. The number of carbonyl (C=O) groups is 2. The maximum absolute atomic E-state index is 13.2. The van der Waals surface area contributed by atoms with Crippen LogP contribution in [0.3, 0.4) is 0 Å². The van der Waals surface area contributed by atoms with E-state index in [0.717, 1.165) is 13.0 Å². The molecule has 21 heavy (non-hydrogen) atoms. The Morgan fingerprint density at radius 3 is 2.67 bits per heavy atom. The van der Waals surface area contributed by atoms with Crippen molar-refractivity contribution >= 4 is 17.9 Å². The average molecular weight is 295 g/mol. The highest BCUT2D eigenvalue weighted by molar-refractivity contribution is 5.88. The van der Waals surface area contributed by atoms with E-state index in [9.17, 15) is 19.1 Å². The number of amides is 1. The van der Waals surface area contributed by atoms with Gasteiger partial charge in [0.1, 0.15) is 5.82 Å². The lowest BCUT2D eigenvalue weighted by atomic mass is 10.1. The number of carboxylic acid groups (broad SMARTS) is 1. The van der Waals surface area contributed by atoms with E-state index in [-0.39, 0.29) is 11.3 Å². The first-order valence-corrected chi connectivity index (χ1v) is 5.68. The predicted octanol–water partition coefficient (Wildman–Crippen LogP) is 2.81. The van der Waals surface area contributed by atoms with Crippen molar-refractivity contribution in [2.45, 2.75) is 6.92 Å². The van der Waals surface area contributed by atoms with Crippen LogP contribution in [-0.4, -0.2) is 22.3 Å². The lowest BCUT2D eigenvalue weighted by Gasteiger charge is -2.01. The Bertz CT molecular complexity index is 709. The van der Waals surface area contributed by atoms with Crippen LogP contribution in [-0.2, 0) is 4.79 Å². The summed E-state index contributed by atoms with van der Waals surface area (Å²) in [4.78, 5) is 21.7. The molecule has 8 heteroatoms. The third kappa shape index (κ3) is 3.11. The Morgan fingerprint density at radius 1 is 1.38 bits per heavy atom. The number of aromatic hydroxyl groups is 1. The molecule has 1 amide bonds. The lowest BCUT2D eigenvalue weighted by Crippen LogP contribution is -2.09. The summed E-state index contributed by atoms with van der Waals surface area (Å²) < 4.78 is 23.0. The minimum Gasteiger partial charge on any atom is -0.502 e. The average Bonchev–Trinajstić information content (AvgIpc) is 2.66. The summed E-state index contributed by atoms with van der Waals surface area (Å²) in [5.41, 5.74) is 0.152. The maximum atomic E-state index is 13.2. The summed E-state index contributed by atoms with van der Waals surface area (Å²) in [5.74, 6) is -3.16. The molecule has 0 spiro atoms. The fraction of sp³-hybridized carbons (Fsp3) is 0.0769. The molecule has 1 aromatic carbocycles. The van der Waals surface area contributed by atoms with Gasteiger partial charge in [-0.05, 0) is 12.1 Å². The minimum absolute atomic E-state index is 0.152. The van der Waals surface area contributed by atoms with Crippen LogP contribution in [0, 0.1) is 5.82 Å². The molecule has 0 atom stereocenters. The van der Waals surface area contributed by atoms with E-state index < -0.39 is 35.3 Å². The number of ether oxygens (including phenoxy) is 1. The molecule has 0 radical (unpaired) electrons. The number of furan rings is 1. The van der Waals surface area contributed by atoms with E-state index in [4.69, 9.17) is 14.3 Å². The molecule has 0 aliphatic rings. The number of anilines is 1. The van der Waals surface area contributed by atoms with Crippen LogP contribution in [0.4, 0.5) is 15.1 Å². The first-order chi connectivity index (χ1) is 9.88. The van der Waals surface area contributed by atoms with Gasteiger partial charge < -0.3 is 19.4 Å². The van der Waals surface area contributed by atoms with Crippen LogP contribution in [0.25, 0.3) is 11.3 Å². The third-order valence-corrected chi connectivity index (χ3v) is 2.39. The van der Waals surface area contributed by atoms with Gasteiger partial charge in [-0.2, -0.15) is 0 Å². The lowest BCUT2D eigenvalue weighted by molar-refractivity contribution is -0.132. The first kappa shape index (κ1) is 14.4. The molecular formula is C13H10FNO6. The molecule has 0 unspecified atom stereocenters. The fourth-order valence-electron chi connectivity index (χ4n) is 1.65. The molecule has 2 rings (SSSR count). The molecule has 0 aliphatic heterocycles. The SMILES string of the molecule is CC(=O)Oc1c(NC(=O)O)oc(-c2cccc(F)c2)c1O. The van der Waals surface area contributed by atoms with Crippen LogP contribution >= 0.6 is 0 Å². The van der Waals surface area contributed by atoms with Crippen LogP contribution in [0.2, 0.25) is 0 Å². The highest BCUT2D eigenvalue weighted by Crippen LogP contribution is 2.46. The van der Waals surface area contributed by atoms with Gasteiger partial charge in [0.05, 0.1) is 0 Å². The van der Waals surface area contributed by atoms with Crippen molar-refractivity contribution in [1.29, 1.82) is 0 Å². The van der Waals surface area contributed by atoms with E-state index in [2.05, 4.69) is 0 Å². The number of hydrogen-bond donors (Lipinski definition) is 3. The molecule has 0 aliphatic carbocycles. The van der Waals surface area contributed by atoms with Gasteiger partial charge >= 0.3 is 12.1 Å². The Hall–Kier alpha value is -3.03. The van der Waals surface area contributed by atoms with Gasteiger partial charge in [0.15, 0.2) is 5.76 Å². The van der Waals surface area contributed by atoms with E-state index in [0.29, 0.717) is 0 Å². The number of rotatable bonds is 3. The molecule has 7 nitrogen and oxygen atoms in total. The Kier molecular flexibility index (Phi) is 3.79. The van der Waals surface area contributed by atoms with Gasteiger partial charge in [0.25, 0.3) is 5.88 Å². The number of carbonyl (C=O) groups excluding carboxylic acids is 1. The van der Waals surface area contributed by atoms with Crippen LogP contribution in [0.1, 0.15) is 6.92 Å². The second kappa shape index (κ2) is 5.53. The second-order valence-electron chi connectivity index (χ2n) is 3.97. The summed E-state index contributed by atoms with van der Waals surface area (Å²) >= 11 is 0. The molecule has 1 aromatic heterocycles. The summed E-state index contributed by atoms with van der Waals surface area (Å²) in [6.07, 6.45) is -1.48. The quantitative estimate of drug-likeness (QED) is 0.751. The third-order valence-electron chi connectivity index (χ3n) is 2.39. The molecule has 110 valence electrons. The monoisotopic (exact) mass is 295 g/mol. The van der Waals surface area contributed by atoms with Gasteiger partial charge in [-0.25, -0.2) is 9.18 Å². The minimum atomic E-state index is -1.48. The van der Waals surface area contributed by atoms with Gasteiger partial charge in [-0.1, -0.05) is 12.1 Å². The topological polar surface area (TPSA) is 109 Å². The van der Waals surface area contributed by atoms with Crippen molar-refractivity contribution in [1.82, 2.24) is 0 Å². The molecule has 0 fully saturated rings. The molecule has 3 N–H and O–H groups in total. The highest BCUT2D eigenvalue weighted by Gasteiger charge is 2.25. The van der Waals surface area contributed by atoms with Crippen molar-refractivity contribution in [3.05, 3.63) is 30.1 Å². The standard InChI is InChI=1S/C13H10FNO6/c1-6(16)20-11-9(17)10(21-12(11)15-13(18)19)7-3-2-4-8(14)5-7/h2-5,15,17H,1H3,(H,18,19). The number of hydrogen-bond acceptors (Lipinski definition) is 5. The molecule has 0 bridgehead atoms. The normalized spacial score (nSPS) is 10.2. The number of benzene rings is 1. The van der Waals surface area contributed by atoms with Gasteiger partial charge in [0.2, 0.25) is 11.5 Å². The molecule has 1 heterocycles. The van der Waals surface area contributed by atoms with E-state index in [1.807, 2.05) is 5.32 Å². The van der Waals surface area contributed by atoms with E-state index in [1.165, 1.54) is 18.2 Å². The molecule has 0 saturated carbocycles. The Morgan fingerprint density at radius 2 is 2.10 bits per heavy atom. The van der Waals surface area contributed by atoms with Crippen molar-refractivity contribution in [3.8, 4) is 22.8 Å². The van der Waals surface area contributed by atoms with Crippen LogP contribution in [0.15, 0.2) is 28.7 Å². The molecular weight excluding hydrogens is 285 g/mol. The van der Waals surface area contributed by atoms with Crippen molar-refractivity contribution in [3.63, 3.8) is 0 Å². The van der Waals surface area contributed by atoms with Crippen LogP contribution in [0.5, 0.6) is 11.5 Å². The second-order valence-corrected chi connectivity index (χ2v) is 3.97. The number of halogens is 1.